The average molecular weight is 929 g/mol. The van der Waals surface area contributed by atoms with Gasteiger partial charge in [-0.2, -0.15) is 0 Å². The van der Waals surface area contributed by atoms with Gasteiger partial charge in [0.05, 0.1) is 16.9 Å². The second kappa shape index (κ2) is 16.0. The molecule has 4 unspecified atom stereocenters. The molecule has 0 spiro atoms. The molecule has 0 amide bonds. The highest BCUT2D eigenvalue weighted by molar-refractivity contribution is 6.14. The maximum absolute atomic E-state index is 7.23. The summed E-state index contributed by atoms with van der Waals surface area (Å²) in [6.45, 7) is 9.26. The summed E-state index contributed by atoms with van der Waals surface area (Å²) >= 11 is 0. The van der Waals surface area contributed by atoms with Gasteiger partial charge in [0.25, 0.3) is 0 Å². The monoisotopic (exact) mass is 928 g/mol. The van der Waals surface area contributed by atoms with Crippen LogP contribution in [0.3, 0.4) is 0 Å². The van der Waals surface area contributed by atoms with Gasteiger partial charge in [-0.15, -0.1) is 0 Å². The van der Waals surface area contributed by atoms with Crippen LogP contribution in [-0.2, 0) is 0 Å². The normalized spacial score (nSPS) is 20.8. The molecule has 2 heterocycles. The zero-order chi connectivity index (χ0) is 48.3. The van der Waals surface area contributed by atoms with Crippen LogP contribution in [0.25, 0.3) is 66.1 Å². The molecule has 0 saturated carbocycles. The zero-order valence-corrected chi connectivity index (χ0v) is 40.8. The van der Waals surface area contributed by atoms with Crippen molar-refractivity contribution < 1.29 is 8.83 Å². The maximum atomic E-state index is 7.23. The summed E-state index contributed by atoms with van der Waals surface area (Å²) in [7, 11) is 0. The Balaban J connectivity index is 0.920. The van der Waals surface area contributed by atoms with Gasteiger partial charge in [0.1, 0.15) is 11.2 Å². The fraction of sp³-hybridized carbons (Fsp3) is 0.118. The first-order valence-corrected chi connectivity index (χ1v) is 25.2. The number of hydrogen-bond acceptors (Lipinski definition) is 4. The lowest BCUT2D eigenvalue weighted by molar-refractivity contribution is 0.304. The third kappa shape index (κ3) is 6.05. The zero-order valence-electron chi connectivity index (χ0n) is 40.8. The lowest BCUT2D eigenvalue weighted by Crippen LogP contribution is -2.54. The predicted octanol–water partition coefficient (Wildman–Crippen LogP) is 18.2. The van der Waals surface area contributed by atoms with Gasteiger partial charge in [0.2, 0.25) is 0 Å². The van der Waals surface area contributed by atoms with E-state index in [2.05, 4.69) is 268 Å². The Morgan fingerprint density at radius 3 is 1.54 bits per heavy atom. The summed E-state index contributed by atoms with van der Waals surface area (Å²) in [5.41, 5.74) is 19.1. The molecule has 0 saturated heterocycles. The second-order valence-corrected chi connectivity index (χ2v) is 20.4. The standard InChI is InChI=1S/C68H52N2O2/c1-43-19-11-13-25-49(43)51-27-15-29-53-55-31-17-33-60(65(55)71-63(51)53)69(47-21-7-5-8-22-47)59-40-37-46-36-39-58-62-45(35-38-57(59)68(46,62)4)41-42-67(58,3)70(48-23-9-6-10-24-48)61-34-18-32-56-54-30-16-28-52(64(54)72-66(56)61)50-26-14-12-20-44(50)2/h5-42,57-58H,1-4H3. The summed E-state index contributed by atoms with van der Waals surface area (Å²) in [6, 6.07) is 65.3. The van der Waals surface area contributed by atoms with Crippen molar-refractivity contribution in [3.05, 3.63) is 264 Å². The molecule has 0 radical (unpaired) electrons. The van der Waals surface area contributed by atoms with Crippen LogP contribution < -0.4 is 9.80 Å². The van der Waals surface area contributed by atoms with Crippen LogP contribution in [0.15, 0.2) is 262 Å². The fourth-order valence-electron chi connectivity index (χ4n) is 13.0. The van der Waals surface area contributed by atoms with Gasteiger partial charge in [-0.3, -0.25) is 0 Å². The van der Waals surface area contributed by atoms with Crippen LogP contribution in [0.4, 0.5) is 22.7 Å². The highest BCUT2D eigenvalue weighted by Crippen LogP contribution is 2.63. The number of rotatable bonds is 8. The number of fused-ring (bicyclic) bond motifs is 6. The molecule has 10 aromatic rings. The van der Waals surface area contributed by atoms with Crippen molar-refractivity contribution in [2.24, 2.45) is 17.3 Å². The van der Waals surface area contributed by atoms with Crippen LogP contribution >= 0.6 is 0 Å². The molecule has 4 nitrogen and oxygen atoms in total. The fourth-order valence-corrected chi connectivity index (χ4v) is 13.0. The summed E-state index contributed by atoms with van der Waals surface area (Å²) in [6.07, 6.45) is 19.3. The van der Waals surface area contributed by atoms with E-state index < -0.39 is 5.54 Å². The van der Waals surface area contributed by atoms with Crippen LogP contribution in [0.1, 0.15) is 25.0 Å². The summed E-state index contributed by atoms with van der Waals surface area (Å²) < 4.78 is 14.4. The number of hydrogen-bond donors (Lipinski definition) is 0. The molecule has 0 bridgehead atoms. The molecule has 14 rings (SSSR count). The molecule has 72 heavy (non-hydrogen) atoms. The minimum atomic E-state index is -0.553. The first kappa shape index (κ1) is 42.3. The summed E-state index contributed by atoms with van der Waals surface area (Å²) in [4.78, 5) is 5.02. The molecule has 4 aliphatic carbocycles. The van der Waals surface area contributed by atoms with E-state index in [-0.39, 0.29) is 17.3 Å². The second-order valence-electron chi connectivity index (χ2n) is 20.4. The Morgan fingerprint density at radius 1 is 0.431 bits per heavy atom. The molecule has 0 N–H and O–H groups in total. The van der Waals surface area contributed by atoms with Gasteiger partial charge in [-0.05, 0) is 102 Å². The van der Waals surface area contributed by atoms with Gasteiger partial charge in [-0.25, -0.2) is 0 Å². The van der Waals surface area contributed by atoms with Crippen molar-refractivity contribution in [1.82, 2.24) is 0 Å². The number of furan rings is 2. The smallest absolute Gasteiger partial charge is 0.159 e. The van der Waals surface area contributed by atoms with Gasteiger partial charge >= 0.3 is 0 Å². The third-order valence-electron chi connectivity index (χ3n) is 16.5. The molecule has 8 aromatic carbocycles. The topological polar surface area (TPSA) is 32.8 Å². The van der Waals surface area contributed by atoms with Crippen molar-refractivity contribution in [2.45, 2.75) is 33.2 Å². The first-order chi connectivity index (χ1) is 35.3. The SMILES string of the molecule is Cc1ccccc1-c1cccc2c1oc1c(N(C3=CC=C4C=CC5C6=C(C=CC3C46C)C=CC5(C)N(c3ccccc3)c3cccc4c3oc3c(-c5ccccc5C)cccc34)c3ccccc3)cccc12. The lowest BCUT2D eigenvalue weighted by Gasteiger charge is -2.57. The van der Waals surface area contributed by atoms with Crippen molar-refractivity contribution in [2.75, 3.05) is 9.80 Å². The number of benzene rings is 8. The minimum Gasteiger partial charge on any atom is -0.453 e. The summed E-state index contributed by atoms with van der Waals surface area (Å²) in [5, 5.41) is 4.43. The molecule has 4 atom stereocenters. The molecule has 0 aliphatic heterocycles. The quantitative estimate of drug-likeness (QED) is 0.152. The summed E-state index contributed by atoms with van der Waals surface area (Å²) in [5.74, 6) is -0.0108. The molecule has 0 fully saturated rings. The number of nitrogens with zero attached hydrogens (tertiary/aromatic N) is 2. The van der Waals surface area contributed by atoms with Crippen LogP contribution in [0, 0.1) is 31.1 Å². The molecule has 4 heteroatoms. The van der Waals surface area contributed by atoms with Gasteiger partial charge in [-0.1, -0.05) is 195 Å². The van der Waals surface area contributed by atoms with Gasteiger partial charge in [0.15, 0.2) is 11.2 Å². The van der Waals surface area contributed by atoms with Crippen LogP contribution in [-0.4, -0.2) is 5.54 Å². The van der Waals surface area contributed by atoms with Crippen molar-refractivity contribution in [1.29, 1.82) is 0 Å². The van der Waals surface area contributed by atoms with Crippen LogP contribution in [0.5, 0.6) is 0 Å². The van der Waals surface area contributed by atoms with E-state index in [1.54, 1.807) is 0 Å². The number of anilines is 4. The largest absolute Gasteiger partial charge is 0.453 e. The van der Waals surface area contributed by atoms with Crippen LogP contribution in [0.2, 0.25) is 0 Å². The Kier molecular flexibility index (Phi) is 9.38. The van der Waals surface area contributed by atoms with Crippen molar-refractivity contribution in [3.8, 4) is 22.3 Å². The maximum Gasteiger partial charge on any atom is 0.159 e. The molecule has 346 valence electrons. The third-order valence-corrected chi connectivity index (χ3v) is 16.5. The Morgan fingerprint density at radius 2 is 0.931 bits per heavy atom. The van der Waals surface area contributed by atoms with Gasteiger partial charge in [0, 0.05) is 67.0 Å². The van der Waals surface area contributed by atoms with E-state index in [4.69, 9.17) is 8.83 Å². The highest BCUT2D eigenvalue weighted by Gasteiger charge is 2.55. The van der Waals surface area contributed by atoms with E-state index in [0.29, 0.717) is 0 Å². The number of para-hydroxylation sites is 6. The molecular weight excluding hydrogens is 877 g/mol. The van der Waals surface area contributed by atoms with E-state index in [1.807, 2.05) is 0 Å². The van der Waals surface area contributed by atoms with Crippen molar-refractivity contribution >= 4 is 66.6 Å². The number of allylic oxidation sites excluding steroid dienone is 8. The lowest BCUT2D eigenvalue weighted by atomic mass is 9.51. The average Bonchev–Trinajstić information content (AvgIpc) is 4.00. The molecule has 4 aliphatic rings. The Labute approximate surface area is 420 Å². The van der Waals surface area contributed by atoms with E-state index in [9.17, 15) is 0 Å². The molecular formula is C68H52N2O2. The van der Waals surface area contributed by atoms with Crippen molar-refractivity contribution in [3.63, 3.8) is 0 Å². The number of aryl methyl sites for hydroxylation is 2. The van der Waals surface area contributed by atoms with Gasteiger partial charge < -0.3 is 18.6 Å². The van der Waals surface area contributed by atoms with E-state index >= 15 is 0 Å². The predicted molar refractivity (Wildman–Crippen MR) is 299 cm³/mol. The van der Waals surface area contributed by atoms with E-state index in [0.717, 1.165) is 77.8 Å². The minimum absolute atomic E-state index is 0.00216. The molecule has 2 aromatic heterocycles. The highest BCUT2D eigenvalue weighted by atomic mass is 16.3. The van der Waals surface area contributed by atoms with E-state index in [1.165, 1.54) is 44.7 Å². The first-order valence-electron chi connectivity index (χ1n) is 25.2. The Hall–Kier alpha value is -8.60. The Bertz CT molecular complexity index is 4060.